The molecule has 1 saturated heterocycles. The Labute approximate surface area is 169 Å². The van der Waals surface area contributed by atoms with Gasteiger partial charge in [0.25, 0.3) is 5.91 Å². The van der Waals surface area contributed by atoms with Crippen LogP contribution >= 0.6 is 12.4 Å². The third-order valence-corrected chi connectivity index (χ3v) is 5.50. The number of carbonyl (C=O) groups is 1. The summed E-state index contributed by atoms with van der Waals surface area (Å²) in [5.74, 6) is -2.02. The van der Waals surface area contributed by atoms with Crippen molar-refractivity contribution in [1.29, 1.82) is 0 Å². The van der Waals surface area contributed by atoms with Crippen LogP contribution in [0.3, 0.4) is 0 Å². The predicted molar refractivity (Wildman–Crippen MR) is 108 cm³/mol. The van der Waals surface area contributed by atoms with Crippen LogP contribution in [0.25, 0.3) is 0 Å². The van der Waals surface area contributed by atoms with Crippen molar-refractivity contribution in [3.8, 4) is 0 Å². The quantitative estimate of drug-likeness (QED) is 0.845. The topological polar surface area (TPSA) is 35.6 Å². The second kappa shape index (κ2) is 8.88. The highest BCUT2D eigenvalue weighted by atomic mass is 35.5. The maximum atomic E-state index is 13.7. The summed E-state index contributed by atoms with van der Waals surface area (Å²) in [4.78, 5) is 16.9. The van der Waals surface area contributed by atoms with Gasteiger partial charge in [-0.1, -0.05) is 18.2 Å². The number of para-hydroxylation sites is 1. The molecule has 0 radical (unpaired) electrons. The van der Waals surface area contributed by atoms with Crippen LogP contribution in [-0.2, 0) is 6.42 Å². The molecule has 1 N–H and O–H groups in total. The van der Waals surface area contributed by atoms with Crippen LogP contribution in [0.1, 0.15) is 22.3 Å². The lowest BCUT2D eigenvalue weighted by Gasteiger charge is -2.46. The van der Waals surface area contributed by atoms with Crippen molar-refractivity contribution in [2.45, 2.75) is 18.9 Å². The molecule has 2 aliphatic rings. The minimum absolute atomic E-state index is 0. The molecule has 0 bridgehead atoms. The van der Waals surface area contributed by atoms with E-state index in [2.05, 4.69) is 39.4 Å². The van der Waals surface area contributed by atoms with Gasteiger partial charge in [0.1, 0.15) is 11.6 Å². The summed E-state index contributed by atoms with van der Waals surface area (Å²) in [5, 5.41) is 2.74. The second-order valence-corrected chi connectivity index (χ2v) is 7.20. The number of benzene rings is 2. The zero-order valence-electron chi connectivity index (χ0n) is 15.5. The zero-order valence-corrected chi connectivity index (χ0v) is 16.4. The number of hydrogen-bond acceptors (Lipinski definition) is 3. The molecule has 0 aromatic heterocycles. The Morgan fingerprint density at radius 3 is 2.79 bits per heavy atom. The number of halogens is 3. The van der Waals surface area contributed by atoms with E-state index in [-0.39, 0.29) is 18.0 Å². The van der Waals surface area contributed by atoms with Gasteiger partial charge in [0.15, 0.2) is 0 Å². The van der Waals surface area contributed by atoms with Crippen molar-refractivity contribution in [2.24, 2.45) is 0 Å². The molecule has 0 spiro atoms. The van der Waals surface area contributed by atoms with E-state index < -0.39 is 17.5 Å². The molecule has 1 unspecified atom stereocenters. The molecular weight excluding hydrogens is 384 g/mol. The first-order valence-corrected chi connectivity index (χ1v) is 9.42. The zero-order chi connectivity index (χ0) is 18.8. The average Bonchev–Trinajstić information content (AvgIpc) is 2.67. The van der Waals surface area contributed by atoms with Crippen molar-refractivity contribution < 1.29 is 13.6 Å². The molecule has 150 valence electrons. The van der Waals surface area contributed by atoms with E-state index in [9.17, 15) is 13.6 Å². The van der Waals surface area contributed by atoms with Crippen LogP contribution in [0, 0.1) is 11.6 Å². The SMILES string of the molecule is Cl.O=C(NCCN1CCN2c3ccccc3CCC2C1)c1ccc(F)cc1F. The molecule has 28 heavy (non-hydrogen) atoms. The smallest absolute Gasteiger partial charge is 0.254 e. The van der Waals surface area contributed by atoms with Crippen LogP contribution in [0.4, 0.5) is 14.5 Å². The van der Waals surface area contributed by atoms with Gasteiger partial charge in [0, 0.05) is 50.5 Å². The summed E-state index contributed by atoms with van der Waals surface area (Å²) in [6.07, 6.45) is 2.24. The Morgan fingerprint density at radius 1 is 1.14 bits per heavy atom. The molecule has 2 aromatic carbocycles. The van der Waals surface area contributed by atoms with Gasteiger partial charge in [0.05, 0.1) is 5.56 Å². The molecule has 0 saturated carbocycles. The average molecular weight is 408 g/mol. The molecular formula is C21H24ClF2N3O. The molecule has 4 rings (SSSR count). The van der Waals surface area contributed by atoms with Crippen molar-refractivity contribution in [3.05, 3.63) is 65.2 Å². The van der Waals surface area contributed by atoms with Crippen LogP contribution < -0.4 is 10.2 Å². The Hall–Kier alpha value is -2.18. The van der Waals surface area contributed by atoms with E-state index in [0.717, 1.165) is 51.2 Å². The number of hydrogen-bond donors (Lipinski definition) is 1. The standard InChI is InChI=1S/C21H23F2N3O.ClH/c22-16-6-8-18(19(23)13-16)21(27)24-9-10-25-11-12-26-17(14-25)7-5-15-3-1-2-4-20(15)26;/h1-4,6,8,13,17H,5,7,9-12,14H2,(H,24,27);1H. The molecule has 2 heterocycles. The van der Waals surface area contributed by atoms with Crippen LogP contribution in [-0.4, -0.2) is 49.6 Å². The summed E-state index contributed by atoms with van der Waals surface area (Å²) in [7, 11) is 0. The van der Waals surface area contributed by atoms with E-state index in [1.807, 2.05) is 0 Å². The predicted octanol–water partition coefficient (Wildman–Crippen LogP) is 3.25. The number of aryl methyl sites for hydroxylation is 1. The van der Waals surface area contributed by atoms with Gasteiger partial charge >= 0.3 is 0 Å². The molecule has 2 aliphatic heterocycles. The van der Waals surface area contributed by atoms with Gasteiger partial charge in [0.2, 0.25) is 0 Å². The van der Waals surface area contributed by atoms with E-state index in [1.165, 1.54) is 17.3 Å². The fraction of sp³-hybridized carbons (Fsp3) is 0.381. The largest absolute Gasteiger partial charge is 0.366 e. The van der Waals surface area contributed by atoms with Crippen molar-refractivity contribution in [2.75, 3.05) is 37.6 Å². The van der Waals surface area contributed by atoms with E-state index in [4.69, 9.17) is 0 Å². The van der Waals surface area contributed by atoms with Gasteiger partial charge in [-0.2, -0.15) is 0 Å². The van der Waals surface area contributed by atoms with Gasteiger partial charge in [-0.05, 0) is 36.6 Å². The van der Waals surface area contributed by atoms with Gasteiger partial charge in [-0.15, -0.1) is 12.4 Å². The first kappa shape index (κ1) is 20.6. The summed E-state index contributed by atoms with van der Waals surface area (Å²) in [6, 6.07) is 12.1. The minimum atomic E-state index is -0.831. The maximum absolute atomic E-state index is 13.7. The van der Waals surface area contributed by atoms with Crippen LogP contribution in [0.2, 0.25) is 0 Å². The summed E-state index contributed by atoms with van der Waals surface area (Å²) >= 11 is 0. The Morgan fingerprint density at radius 2 is 1.96 bits per heavy atom. The highest BCUT2D eigenvalue weighted by Crippen LogP contribution is 2.32. The molecule has 1 amide bonds. The van der Waals surface area contributed by atoms with Crippen LogP contribution in [0.15, 0.2) is 42.5 Å². The molecule has 1 fully saturated rings. The third kappa shape index (κ3) is 4.28. The van der Waals surface area contributed by atoms with Crippen LogP contribution in [0.5, 0.6) is 0 Å². The van der Waals surface area contributed by atoms with Gasteiger partial charge in [-0.25, -0.2) is 8.78 Å². The Balaban J connectivity index is 0.00000225. The van der Waals surface area contributed by atoms with Crippen molar-refractivity contribution in [3.63, 3.8) is 0 Å². The third-order valence-electron chi connectivity index (χ3n) is 5.50. The number of anilines is 1. The lowest BCUT2D eigenvalue weighted by Crippen LogP contribution is -2.56. The van der Waals surface area contributed by atoms with Gasteiger partial charge in [-0.3, -0.25) is 9.69 Å². The molecule has 1 atom stereocenters. The number of nitrogens with zero attached hydrogens (tertiary/aromatic N) is 2. The van der Waals surface area contributed by atoms with Crippen molar-refractivity contribution in [1.82, 2.24) is 10.2 Å². The number of amides is 1. The molecule has 0 aliphatic carbocycles. The lowest BCUT2D eigenvalue weighted by atomic mass is 9.94. The summed E-state index contributed by atoms with van der Waals surface area (Å²) < 4.78 is 26.6. The van der Waals surface area contributed by atoms with E-state index in [1.54, 1.807) is 0 Å². The minimum Gasteiger partial charge on any atom is -0.366 e. The molecule has 4 nitrogen and oxygen atoms in total. The number of piperazine rings is 1. The normalized spacial score (nSPS) is 18.6. The fourth-order valence-corrected chi connectivity index (χ4v) is 4.11. The second-order valence-electron chi connectivity index (χ2n) is 7.20. The molecule has 2 aromatic rings. The Kier molecular flexibility index (Phi) is 6.52. The maximum Gasteiger partial charge on any atom is 0.254 e. The van der Waals surface area contributed by atoms with E-state index >= 15 is 0 Å². The fourth-order valence-electron chi connectivity index (χ4n) is 4.11. The van der Waals surface area contributed by atoms with Gasteiger partial charge < -0.3 is 10.2 Å². The number of rotatable bonds is 4. The number of fused-ring (bicyclic) bond motifs is 3. The molecule has 7 heteroatoms. The van der Waals surface area contributed by atoms with Crippen molar-refractivity contribution >= 4 is 24.0 Å². The monoisotopic (exact) mass is 407 g/mol. The lowest BCUT2D eigenvalue weighted by molar-refractivity contribution is 0.0942. The summed E-state index contributed by atoms with van der Waals surface area (Å²) in [6.45, 7) is 4.04. The Bertz CT molecular complexity index is 848. The first-order valence-electron chi connectivity index (χ1n) is 9.42. The first-order chi connectivity index (χ1) is 13.1. The van der Waals surface area contributed by atoms with E-state index in [0.29, 0.717) is 12.6 Å². The highest BCUT2D eigenvalue weighted by molar-refractivity contribution is 5.94. The highest BCUT2D eigenvalue weighted by Gasteiger charge is 2.31. The number of carbonyl (C=O) groups excluding carboxylic acids is 1. The number of nitrogens with one attached hydrogen (secondary N) is 1. The summed E-state index contributed by atoms with van der Waals surface area (Å²) in [5.41, 5.74) is 2.66.